The molecular weight excluding hydrogens is 210 g/mol. The van der Waals surface area contributed by atoms with Gasteiger partial charge in [0.25, 0.3) is 0 Å². The van der Waals surface area contributed by atoms with E-state index in [-0.39, 0.29) is 5.97 Å². The quantitative estimate of drug-likeness (QED) is 0.729. The van der Waals surface area contributed by atoms with Gasteiger partial charge in [-0.3, -0.25) is 4.98 Å². The lowest BCUT2D eigenvalue weighted by atomic mass is 10.2. The van der Waals surface area contributed by atoms with Crippen LogP contribution in [0, 0.1) is 0 Å². The van der Waals surface area contributed by atoms with Gasteiger partial charge in [0.05, 0.1) is 23.2 Å². The molecule has 0 unspecified atom stereocenters. The summed E-state index contributed by atoms with van der Waals surface area (Å²) in [7, 11) is 1.38. The van der Waals surface area contributed by atoms with Gasteiger partial charge in [0.15, 0.2) is 0 Å². The average Bonchev–Trinajstić information content (AvgIpc) is 2.78. The summed E-state index contributed by atoms with van der Waals surface area (Å²) in [4.78, 5) is 16.5. The van der Waals surface area contributed by atoms with Gasteiger partial charge in [-0.1, -0.05) is 6.07 Å². The highest BCUT2D eigenvalue weighted by Gasteiger charge is 2.14. The van der Waals surface area contributed by atoms with Crippen LogP contribution >= 0.6 is 11.3 Å². The second-order valence-corrected chi connectivity index (χ2v) is 3.79. The Labute approximate surface area is 91.4 Å². The Balaban J connectivity index is 2.46. The van der Waals surface area contributed by atoms with Crippen molar-refractivity contribution in [3.05, 3.63) is 41.4 Å². The van der Waals surface area contributed by atoms with Crippen molar-refractivity contribution in [3.8, 4) is 10.6 Å². The van der Waals surface area contributed by atoms with Crippen LogP contribution in [0.15, 0.2) is 35.8 Å². The Morgan fingerprint density at radius 3 is 2.93 bits per heavy atom. The van der Waals surface area contributed by atoms with E-state index < -0.39 is 0 Å². The molecule has 0 aliphatic rings. The smallest absolute Gasteiger partial charge is 0.339 e. The molecule has 0 spiro atoms. The SMILES string of the molecule is COC(=O)c1ccsc1-c1ccccn1. The molecule has 4 heteroatoms. The van der Waals surface area contributed by atoms with Crippen LogP contribution in [0.4, 0.5) is 0 Å². The lowest BCUT2D eigenvalue weighted by Crippen LogP contribution is -2.00. The highest BCUT2D eigenvalue weighted by molar-refractivity contribution is 7.14. The Morgan fingerprint density at radius 1 is 1.40 bits per heavy atom. The maximum Gasteiger partial charge on any atom is 0.339 e. The van der Waals surface area contributed by atoms with E-state index in [2.05, 4.69) is 4.98 Å². The number of hydrogen-bond donors (Lipinski definition) is 0. The van der Waals surface area contributed by atoms with E-state index in [1.165, 1.54) is 18.4 Å². The molecule has 0 saturated heterocycles. The molecule has 2 rings (SSSR count). The number of ether oxygens (including phenoxy) is 1. The molecule has 76 valence electrons. The summed E-state index contributed by atoms with van der Waals surface area (Å²) < 4.78 is 4.70. The molecule has 0 aliphatic heterocycles. The molecule has 0 aliphatic carbocycles. The minimum Gasteiger partial charge on any atom is -0.465 e. The molecule has 2 aromatic heterocycles. The number of aromatic nitrogens is 1. The second-order valence-electron chi connectivity index (χ2n) is 2.87. The van der Waals surface area contributed by atoms with Gasteiger partial charge in [0.2, 0.25) is 0 Å². The molecule has 2 heterocycles. The Bertz CT molecular complexity index is 464. The van der Waals surface area contributed by atoms with E-state index in [4.69, 9.17) is 4.74 Å². The fraction of sp³-hybridized carbons (Fsp3) is 0.0909. The predicted molar refractivity (Wildman–Crippen MR) is 58.9 cm³/mol. The van der Waals surface area contributed by atoms with Crippen LogP contribution in [0.5, 0.6) is 0 Å². The van der Waals surface area contributed by atoms with E-state index in [1.54, 1.807) is 12.3 Å². The van der Waals surface area contributed by atoms with Gasteiger partial charge in [0.1, 0.15) is 0 Å². The molecule has 0 bridgehead atoms. The van der Waals surface area contributed by atoms with Crippen molar-refractivity contribution in [2.45, 2.75) is 0 Å². The number of rotatable bonds is 2. The van der Waals surface area contributed by atoms with Gasteiger partial charge in [-0.15, -0.1) is 11.3 Å². The topological polar surface area (TPSA) is 39.2 Å². The average molecular weight is 219 g/mol. The number of esters is 1. The third-order valence-electron chi connectivity index (χ3n) is 1.97. The summed E-state index contributed by atoms with van der Waals surface area (Å²) in [6.07, 6.45) is 1.70. The first-order valence-corrected chi connectivity index (χ1v) is 5.28. The summed E-state index contributed by atoms with van der Waals surface area (Å²) in [6, 6.07) is 7.36. The minimum absolute atomic E-state index is 0.322. The standard InChI is InChI=1S/C11H9NO2S/c1-14-11(13)8-5-7-15-10(8)9-4-2-3-6-12-9/h2-7H,1H3. The summed E-state index contributed by atoms with van der Waals surface area (Å²) in [5, 5.41) is 1.86. The van der Waals surface area contributed by atoms with Crippen LogP contribution in [-0.4, -0.2) is 18.1 Å². The van der Waals surface area contributed by atoms with Gasteiger partial charge in [-0.25, -0.2) is 4.79 Å². The van der Waals surface area contributed by atoms with E-state index in [1.807, 2.05) is 23.6 Å². The monoisotopic (exact) mass is 219 g/mol. The van der Waals surface area contributed by atoms with Crippen LogP contribution in [0.2, 0.25) is 0 Å². The normalized spacial score (nSPS) is 9.93. The van der Waals surface area contributed by atoms with Gasteiger partial charge < -0.3 is 4.74 Å². The van der Waals surface area contributed by atoms with Crippen LogP contribution in [0.1, 0.15) is 10.4 Å². The summed E-state index contributed by atoms with van der Waals surface area (Å²) in [6.45, 7) is 0. The van der Waals surface area contributed by atoms with Gasteiger partial charge in [0, 0.05) is 6.20 Å². The molecular formula is C11H9NO2S. The van der Waals surface area contributed by atoms with Crippen molar-refractivity contribution in [2.75, 3.05) is 7.11 Å². The largest absolute Gasteiger partial charge is 0.465 e. The maximum absolute atomic E-state index is 11.4. The molecule has 3 nitrogen and oxygen atoms in total. The van der Waals surface area contributed by atoms with Gasteiger partial charge in [-0.2, -0.15) is 0 Å². The molecule has 0 saturated carbocycles. The van der Waals surface area contributed by atoms with Crippen molar-refractivity contribution in [1.82, 2.24) is 4.98 Å². The number of carbonyl (C=O) groups is 1. The van der Waals surface area contributed by atoms with Gasteiger partial charge in [-0.05, 0) is 23.6 Å². The summed E-state index contributed by atoms with van der Waals surface area (Å²) >= 11 is 1.48. The van der Waals surface area contributed by atoms with E-state index in [0.29, 0.717) is 5.56 Å². The highest BCUT2D eigenvalue weighted by Crippen LogP contribution is 2.28. The van der Waals surface area contributed by atoms with Crippen LogP contribution in [0.3, 0.4) is 0 Å². The third-order valence-corrected chi connectivity index (χ3v) is 2.90. The molecule has 0 radical (unpaired) electrons. The Morgan fingerprint density at radius 2 is 2.27 bits per heavy atom. The molecule has 0 aromatic carbocycles. The van der Waals surface area contributed by atoms with Crippen molar-refractivity contribution in [3.63, 3.8) is 0 Å². The van der Waals surface area contributed by atoms with Crippen LogP contribution in [-0.2, 0) is 4.74 Å². The van der Waals surface area contributed by atoms with Gasteiger partial charge >= 0.3 is 5.97 Å². The predicted octanol–water partition coefficient (Wildman–Crippen LogP) is 2.60. The van der Waals surface area contributed by atoms with Crippen molar-refractivity contribution < 1.29 is 9.53 Å². The first-order valence-electron chi connectivity index (χ1n) is 4.40. The van der Waals surface area contributed by atoms with Crippen LogP contribution < -0.4 is 0 Å². The second kappa shape index (κ2) is 4.23. The van der Waals surface area contributed by atoms with Crippen molar-refractivity contribution in [1.29, 1.82) is 0 Å². The van der Waals surface area contributed by atoms with Crippen LogP contribution in [0.25, 0.3) is 10.6 Å². The lowest BCUT2D eigenvalue weighted by molar-refractivity contribution is 0.0602. The van der Waals surface area contributed by atoms with E-state index >= 15 is 0 Å². The molecule has 0 N–H and O–H groups in total. The highest BCUT2D eigenvalue weighted by atomic mass is 32.1. The van der Waals surface area contributed by atoms with E-state index in [9.17, 15) is 4.79 Å². The van der Waals surface area contributed by atoms with Crippen molar-refractivity contribution >= 4 is 17.3 Å². The Kier molecular flexibility index (Phi) is 2.78. The number of nitrogens with zero attached hydrogens (tertiary/aromatic N) is 1. The first-order chi connectivity index (χ1) is 7.33. The number of hydrogen-bond acceptors (Lipinski definition) is 4. The third kappa shape index (κ3) is 1.89. The zero-order valence-corrected chi connectivity index (χ0v) is 8.95. The number of carbonyl (C=O) groups excluding carboxylic acids is 1. The minimum atomic E-state index is -0.322. The Hall–Kier alpha value is -1.68. The maximum atomic E-state index is 11.4. The molecule has 0 fully saturated rings. The van der Waals surface area contributed by atoms with Crippen molar-refractivity contribution in [2.24, 2.45) is 0 Å². The summed E-state index contributed by atoms with van der Waals surface area (Å²) in [5.74, 6) is -0.322. The molecule has 0 amide bonds. The molecule has 15 heavy (non-hydrogen) atoms. The number of pyridine rings is 1. The zero-order valence-electron chi connectivity index (χ0n) is 8.14. The number of methoxy groups -OCH3 is 1. The lowest BCUT2D eigenvalue weighted by Gasteiger charge is -2.00. The molecule has 2 aromatic rings. The van der Waals surface area contributed by atoms with E-state index in [0.717, 1.165) is 10.6 Å². The fourth-order valence-electron chi connectivity index (χ4n) is 1.28. The molecule has 0 atom stereocenters. The number of thiophene rings is 1. The zero-order chi connectivity index (χ0) is 10.7. The summed E-state index contributed by atoms with van der Waals surface area (Å²) in [5.41, 5.74) is 1.37. The fourth-order valence-corrected chi connectivity index (χ4v) is 2.14. The first kappa shape index (κ1) is 9.86.